The summed E-state index contributed by atoms with van der Waals surface area (Å²) in [4.78, 5) is 26.8. The lowest BCUT2D eigenvalue weighted by Crippen LogP contribution is -2.51. The van der Waals surface area contributed by atoms with Gasteiger partial charge in [0.25, 0.3) is 5.91 Å². The van der Waals surface area contributed by atoms with Crippen LogP contribution in [-0.4, -0.2) is 45.4 Å². The predicted octanol–water partition coefficient (Wildman–Crippen LogP) is 3.23. The standard InChI is InChI=1S/C24H21F2N3O4/c1-33-14-6-2-5-13(11-14)19(15-7-3-8-16(25)20(15)26)21-17-9-4-10-28(17)24(32)22-23(31)18(30)12-27-29(21)22/h2-3,5-8,11-12,17,19,21,31H,4,9-10H2,1H3/t17-,19+,21-/m1/s1. The molecule has 3 atom stereocenters. The number of aromatic hydroxyl groups is 1. The second-order valence-electron chi connectivity index (χ2n) is 8.25. The molecule has 0 unspecified atom stereocenters. The highest BCUT2D eigenvalue weighted by atomic mass is 19.2. The van der Waals surface area contributed by atoms with Crippen LogP contribution in [0.1, 0.15) is 46.4 Å². The van der Waals surface area contributed by atoms with Crippen molar-refractivity contribution in [3.05, 3.63) is 87.3 Å². The summed E-state index contributed by atoms with van der Waals surface area (Å²) in [6.07, 6.45) is 2.25. The number of methoxy groups -OCH3 is 1. The van der Waals surface area contributed by atoms with Crippen LogP contribution >= 0.6 is 0 Å². The molecular weight excluding hydrogens is 432 g/mol. The van der Waals surface area contributed by atoms with Crippen LogP contribution in [0.2, 0.25) is 0 Å². The van der Waals surface area contributed by atoms with Gasteiger partial charge in [-0.15, -0.1) is 0 Å². The number of hydrogen-bond acceptors (Lipinski definition) is 5. The molecule has 170 valence electrons. The van der Waals surface area contributed by atoms with E-state index in [0.717, 1.165) is 12.3 Å². The van der Waals surface area contributed by atoms with Gasteiger partial charge < -0.3 is 14.7 Å². The van der Waals surface area contributed by atoms with E-state index in [1.54, 1.807) is 29.2 Å². The molecule has 0 spiro atoms. The molecule has 0 bridgehead atoms. The SMILES string of the molecule is COc1cccc([C@@H](c2cccc(F)c2F)[C@H]2[C@H]3CCCN3C(=O)c3c(O)c(=O)cnn32)c1. The lowest BCUT2D eigenvalue weighted by molar-refractivity contribution is 0.0564. The lowest BCUT2D eigenvalue weighted by Gasteiger charge is -2.42. The molecule has 9 heteroatoms. The Balaban J connectivity index is 1.81. The van der Waals surface area contributed by atoms with Gasteiger partial charge in [0.05, 0.1) is 25.4 Å². The van der Waals surface area contributed by atoms with Gasteiger partial charge in [-0.3, -0.25) is 14.3 Å². The van der Waals surface area contributed by atoms with Crippen LogP contribution in [0.15, 0.2) is 53.5 Å². The summed E-state index contributed by atoms with van der Waals surface area (Å²) in [6, 6.07) is 9.87. The van der Waals surface area contributed by atoms with Crippen molar-refractivity contribution in [1.82, 2.24) is 14.7 Å². The third-order valence-corrected chi connectivity index (χ3v) is 6.54. The van der Waals surface area contributed by atoms with Crippen LogP contribution in [0.5, 0.6) is 11.5 Å². The molecule has 0 radical (unpaired) electrons. The fourth-order valence-corrected chi connectivity index (χ4v) is 5.10. The van der Waals surface area contributed by atoms with E-state index < -0.39 is 46.7 Å². The monoisotopic (exact) mass is 453 g/mol. The minimum Gasteiger partial charge on any atom is -0.502 e. The summed E-state index contributed by atoms with van der Waals surface area (Å²) >= 11 is 0. The number of carbonyl (C=O) groups excluding carboxylic acids is 1. The maximum atomic E-state index is 15.2. The van der Waals surface area contributed by atoms with Gasteiger partial charge in [0, 0.05) is 18.0 Å². The van der Waals surface area contributed by atoms with Crippen molar-refractivity contribution in [3.63, 3.8) is 0 Å². The Hall–Kier alpha value is -3.75. The van der Waals surface area contributed by atoms with E-state index >= 15 is 4.39 Å². The summed E-state index contributed by atoms with van der Waals surface area (Å²) < 4.78 is 36.2. The molecule has 2 aliphatic heterocycles. The van der Waals surface area contributed by atoms with Crippen molar-refractivity contribution < 1.29 is 23.4 Å². The first-order valence-corrected chi connectivity index (χ1v) is 10.6. The molecule has 1 aromatic heterocycles. The molecule has 0 saturated carbocycles. The highest BCUT2D eigenvalue weighted by Gasteiger charge is 2.48. The Morgan fingerprint density at radius 1 is 1.18 bits per heavy atom. The summed E-state index contributed by atoms with van der Waals surface area (Å²) in [6.45, 7) is 0.430. The number of ether oxygens (including phenoxy) is 1. The topological polar surface area (TPSA) is 84.7 Å². The summed E-state index contributed by atoms with van der Waals surface area (Å²) in [5, 5.41) is 14.7. The van der Waals surface area contributed by atoms with Crippen LogP contribution < -0.4 is 10.2 Å². The molecule has 33 heavy (non-hydrogen) atoms. The molecule has 3 heterocycles. The minimum absolute atomic E-state index is 0.0837. The normalized spacial score (nSPS) is 20.3. The zero-order valence-corrected chi connectivity index (χ0v) is 17.7. The average molecular weight is 453 g/mol. The van der Waals surface area contributed by atoms with E-state index in [2.05, 4.69) is 5.10 Å². The van der Waals surface area contributed by atoms with Crippen LogP contribution in [0.3, 0.4) is 0 Å². The van der Waals surface area contributed by atoms with E-state index in [1.807, 2.05) is 0 Å². The molecule has 7 nitrogen and oxygen atoms in total. The van der Waals surface area contributed by atoms with Gasteiger partial charge in [0.1, 0.15) is 5.75 Å². The lowest BCUT2D eigenvalue weighted by atomic mass is 9.79. The van der Waals surface area contributed by atoms with Crippen molar-refractivity contribution in [2.75, 3.05) is 13.7 Å². The molecule has 2 aromatic carbocycles. The number of halogens is 2. The summed E-state index contributed by atoms with van der Waals surface area (Å²) in [5.41, 5.74) is -0.312. The van der Waals surface area contributed by atoms with Crippen molar-refractivity contribution >= 4 is 5.91 Å². The van der Waals surface area contributed by atoms with Crippen LogP contribution in [-0.2, 0) is 0 Å². The number of nitrogens with zero attached hydrogens (tertiary/aromatic N) is 3. The molecular formula is C24H21F2N3O4. The Bertz CT molecular complexity index is 1310. The Morgan fingerprint density at radius 2 is 1.97 bits per heavy atom. The first kappa shape index (κ1) is 21.1. The minimum atomic E-state index is -1.00. The Labute approximate surface area is 187 Å². The largest absolute Gasteiger partial charge is 0.502 e. The fraction of sp³-hybridized carbons (Fsp3) is 0.292. The molecule has 1 fully saturated rings. The van der Waals surface area contributed by atoms with Gasteiger partial charge in [0.15, 0.2) is 23.1 Å². The van der Waals surface area contributed by atoms with Gasteiger partial charge in [0.2, 0.25) is 5.43 Å². The van der Waals surface area contributed by atoms with Crippen LogP contribution in [0, 0.1) is 11.6 Å². The zero-order valence-electron chi connectivity index (χ0n) is 17.7. The van der Waals surface area contributed by atoms with Crippen molar-refractivity contribution in [2.45, 2.75) is 30.8 Å². The van der Waals surface area contributed by atoms with Crippen molar-refractivity contribution in [2.24, 2.45) is 0 Å². The van der Waals surface area contributed by atoms with Crippen molar-refractivity contribution in [3.8, 4) is 11.5 Å². The summed E-state index contributed by atoms with van der Waals surface area (Å²) in [7, 11) is 1.51. The second kappa shape index (κ2) is 7.99. The Kier molecular flexibility index (Phi) is 5.11. The van der Waals surface area contributed by atoms with Gasteiger partial charge in [-0.05, 0) is 36.6 Å². The van der Waals surface area contributed by atoms with E-state index in [0.29, 0.717) is 30.7 Å². The molecule has 5 rings (SSSR count). The number of amides is 1. The maximum absolute atomic E-state index is 15.2. The van der Waals surface area contributed by atoms with Gasteiger partial charge in [-0.1, -0.05) is 24.3 Å². The maximum Gasteiger partial charge on any atom is 0.276 e. The number of benzene rings is 2. The highest BCUT2D eigenvalue weighted by Crippen LogP contribution is 2.46. The molecule has 0 aliphatic carbocycles. The first-order valence-electron chi connectivity index (χ1n) is 10.6. The van der Waals surface area contributed by atoms with E-state index in [1.165, 1.54) is 23.9 Å². The predicted molar refractivity (Wildman–Crippen MR) is 114 cm³/mol. The first-order chi connectivity index (χ1) is 15.9. The third-order valence-electron chi connectivity index (χ3n) is 6.54. The van der Waals surface area contributed by atoms with E-state index in [-0.39, 0.29) is 11.3 Å². The molecule has 1 saturated heterocycles. The fourth-order valence-electron chi connectivity index (χ4n) is 5.10. The molecule has 1 N–H and O–H groups in total. The Morgan fingerprint density at radius 3 is 2.76 bits per heavy atom. The number of rotatable bonds is 4. The molecule has 3 aromatic rings. The van der Waals surface area contributed by atoms with Gasteiger partial charge in [-0.2, -0.15) is 5.10 Å². The van der Waals surface area contributed by atoms with E-state index in [4.69, 9.17) is 4.74 Å². The van der Waals surface area contributed by atoms with Crippen LogP contribution in [0.25, 0.3) is 0 Å². The quantitative estimate of drug-likeness (QED) is 0.656. The van der Waals surface area contributed by atoms with E-state index in [9.17, 15) is 19.1 Å². The number of carbonyl (C=O) groups is 1. The summed E-state index contributed by atoms with van der Waals surface area (Å²) in [5.74, 6) is -3.46. The van der Waals surface area contributed by atoms with Gasteiger partial charge in [-0.25, -0.2) is 8.78 Å². The smallest absolute Gasteiger partial charge is 0.276 e. The number of hydrogen-bond donors (Lipinski definition) is 1. The molecule has 1 amide bonds. The highest BCUT2D eigenvalue weighted by molar-refractivity contribution is 5.96. The second-order valence-corrected chi connectivity index (χ2v) is 8.25. The van der Waals surface area contributed by atoms with Gasteiger partial charge >= 0.3 is 0 Å². The molecule has 2 aliphatic rings. The number of fused-ring (bicyclic) bond motifs is 2. The third kappa shape index (κ3) is 3.26. The van der Waals surface area contributed by atoms with Crippen LogP contribution in [0.4, 0.5) is 8.78 Å². The number of aromatic nitrogens is 2. The van der Waals surface area contributed by atoms with Crippen molar-refractivity contribution in [1.29, 1.82) is 0 Å². The average Bonchev–Trinajstić information content (AvgIpc) is 3.31. The zero-order chi connectivity index (χ0) is 23.3.